The van der Waals surface area contributed by atoms with E-state index in [0.29, 0.717) is 36.0 Å². The molecule has 0 aromatic carbocycles. The molecule has 0 aromatic heterocycles. The van der Waals surface area contributed by atoms with Gasteiger partial charge in [0.1, 0.15) is 4.51 Å². The highest BCUT2D eigenvalue weighted by Crippen LogP contribution is 2.68. The van der Waals surface area contributed by atoms with E-state index in [2.05, 4.69) is 42.8 Å². The molecule has 4 rings (SSSR count). The van der Waals surface area contributed by atoms with E-state index in [0.717, 1.165) is 31.1 Å². The molecule has 4 heteroatoms. The van der Waals surface area contributed by atoms with Gasteiger partial charge in [0.05, 0.1) is 11.7 Å². The summed E-state index contributed by atoms with van der Waals surface area (Å²) in [4.78, 5) is 0. The van der Waals surface area contributed by atoms with E-state index in [-0.39, 0.29) is 5.41 Å². The Labute approximate surface area is 198 Å². The van der Waals surface area contributed by atoms with Crippen molar-refractivity contribution in [2.75, 3.05) is 0 Å². The zero-order valence-corrected chi connectivity index (χ0v) is 21.9. The van der Waals surface area contributed by atoms with Gasteiger partial charge in [-0.25, -0.2) is 0 Å². The molecule has 3 nitrogen and oxygen atoms in total. The predicted molar refractivity (Wildman–Crippen MR) is 130 cm³/mol. The molecule has 0 spiro atoms. The first-order valence-corrected chi connectivity index (χ1v) is 13.6. The molecule has 0 aliphatic heterocycles. The Morgan fingerprint density at radius 1 is 1.19 bits per heavy atom. The van der Waals surface area contributed by atoms with Crippen LogP contribution in [0.3, 0.4) is 0 Å². The summed E-state index contributed by atoms with van der Waals surface area (Å²) in [7, 11) is 0. The number of aliphatic hydroxyl groups is 3. The van der Waals surface area contributed by atoms with Gasteiger partial charge in [0.2, 0.25) is 0 Å². The van der Waals surface area contributed by atoms with Crippen molar-refractivity contribution < 1.29 is 15.3 Å². The third-order valence-electron chi connectivity index (χ3n) is 10.4. The topological polar surface area (TPSA) is 60.7 Å². The zero-order valence-electron chi connectivity index (χ0n) is 20.3. The Balaban J connectivity index is 1.51. The third-order valence-corrected chi connectivity index (χ3v) is 11.0. The molecule has 2 unspecified atom stereocenters. The van der Waals surface area contributed by atoms with Gasteiger partial charge in [-0.2, -0.15) is 0 Å². The lowest BCUT2D eigenvalue weighted by Crippen LogP contribution is -2.57. The van der Waals surface area contributed by atoms with Crippen molar-refractivity contribution in [3.63, 3.8) is 0 Å². The maximum absolute atomic E-state index is 11.2. The zero-order chi connectivity index (χ0) is 22.8. The lowest BCUT2D eigenvalue weighted by atomic mass is 9.46. The SMILES string of the molecule is C[C@H](CCCC(C)(C)O)[C@H]1CC[C@H]2[C@@H]3CC=C4CC(O)(Br)CC(O)[C@]4(C)[C@H]3CC[C@]12C. The summed E-state index contributed by atoms with van der Waals surface area (Å²) in [5, 5.41) is 31.9. The van der Waals surface area contributed by atoms with Crippen molar-refractivity contribution in [2.45, 2.75) is 115 Å². The molecular weight excluding hydrogens is 452 g/mol. The molecule has 3 N–H and O–H groups in total. The molecule has 4 aliphatic rings. The second-order valence-corrected chi connectivity index (χ2v) is 14.3. The number of fused-ring (bicyclic) bond motifs is 5. The first-order chi connectivity index (χ1) is 14.3. The second kappa shape index (κ2) is 8.10. The molecule has 4 aliphatic carbocycles. The van der Waals surface area contributed by atoms with Crippen LogP contribution in [0.4, 0.5) is 0 Å². The van der Waals surface area contributed by atoms with E-state index in [1.165, 1.54) is 37.7 Å². The monoisotopic (exact) mass is 496 g/mol. The van der Waals surface area contributed by atoms with E-state index >= 15 is 0 Å². The predicted octanol–water partition coefficient (Wildman–Crippen LogP) is 6.20. The minimum absolute atomic E-state index is 0.180. The highest BCUT2D eigenvalue weighted by molar-refractivity contribution is 9.10. The van der Waals surface area contributed by atoms with Crippen molar-refractivity contribution in [1.29, 1.82) is 0 Å². The molecule has 0 bridgehead atoms. The number of alkyl halides is 1. The number of allylic oxidation sites excluding steroid dienone is 1. The van der Waals surface area contributed by atoms with Crippen molar-refractivity contribution >= 4 is 15.9 Å². The average Bonchev–Trinajstić information content (AvgIpc) is 2.99. The van der Waals surface area contributed by atoms with Gasteiger partial charge in [-0.05, 0) is 87.4 Å². The minimum atomic E-state index is -0.954. The first-order valence-electron chi connectivity index (χ1n) is 12.8. The summed E-state index contributed by atoms with van der Waals surface area (Å²) in [6.07, 6.45) is 12.5. The number of halogens is 1. The molecule has 3 fully saturated rings. The van der Waals surface area contributed by atoms with Crippen LogP contribution in [0.5, 0.6) is 0 Å². The van der Waals surface area contributed by atoms with E-state index in [9.17, 15) is 15.3 Å². The van der Waals surface area contributed by atoms with Crippen LogP contribution in [-0.2, 0) is 0 Å². The molecule has 3 saturated carbocycles. The Bertz CT molecular complexity index is 710. The van der Waals surface area contributed by atoms with E-state index in [1.807, 2.05) is 13.8 Å². The lowest BCUT2D eigenvalue weighted by Gasteiger charge is -2.60. The van der Waals surface area contributed by atoms with Crippen LogP contribution in [0.2, 0.25) is 0 Å². The van der Waals surface area contributed by atoms with E-state index < -0.39 is 16.2 Å². The van der Waals surface area contributed by atoms with Gasteiger partial charge in [-0.1, -0.05) is 61.2 Å². The quantitative estimate of drug-likeness (QED) is 0.313. The van der Waals surface area contributed by atoms with Gasteiger partial charge in [0.25, 0.3) is 0 Å². The number of hydrogen-bond donors (Lipinski definition) is 3. The van der Waals surface area contributed by atoms with Crippen LogP contribution in [-0.4, -0.2) is 31.5 Å². The summed E-state index contributed by atoms with van der Waals surface area (Å²) in [5.41, 5.74) is 0.960. The molecule has 9 atom stereocenters. The smallest absolute Gasteiger partial charge is 0.125 e. The van der Waals surface area contributed by atoms with Crippen molar-refractivity contribution in [3.05, 3.63) is 11.6 Å². The van der Waals surface area contributed by atoms with Gasteiger partial charge in [-0.3, -0.25) is 0 Å². The van der Waals surface area contributed by atoms with Gasteiger partial charge >= 0.3 is 0 Å². The summed E-state index contributed by atoms with van der Waals surface area (Å²) >= 11 is 3.46. The second-order valence-electron chi connectivity index (χ2n) is 12.8. The average molecular weight is 498 g/mol. The number of aliphatic hydroxyl groups excluding tert-OH is 1. The largest absolute Gasteiger partial charge is 0.392 e. The molecular formula is C27H45BrO3. The van der Waals surface area contributed by atoms with Crippen LogP contribution in [0.1, 0.15) is 98.8 Å². The van der Waals surface area contributed by atoms with Crippen LogP contribution >= 0.6 is 15.9 Å². The third kappa shape index (κ3) is 4.21. The Kier molecular flexibility index (Phi) is 6.33. The Morgan fingerprint density at radius 3 is 2.58 bits per heavy atom. The van der Waals surface area contributed by atoms with Crippen LogP contribution in [0.15, 0.2) is 11.6 Å². The molecule has 178 valence electrons. The highest BCUT2D eigenvalue weighted by atomic mass is 79.9. The van der Waals surface area contributed by atoms with Crippen molar-refractivity contribution in [3.8, 4) is 0 Å². The van der Waals surface area contributed by atoms with Gasteiger partial charge in [0.15, 0.2) is 0 Å². The molecule has 0 heterocycles. The van der Waals surface area contributed by atoms with Crippen molar-refractivity contribution in [1.82, 2.24) is 0 Å². The Hall–Kier alpha value is 0.1000. The number of hydrogen-bond acceptors (Lipinski definition) is 3. The lowest BCUT2D eigenvalue weighted by molar-refractivity contribution is -0.112. The molecule has 0 aromatic rings. The summed E-state index contributed by atoms with van der Waals surface area (Å²) in [6.45, 7) is 11.2. The van der Waals surface area contributed by atoms with Crippen LogP contribution in [0.25, 0.3) is 0 Å². The van der Waals surface area contributed by atoms with Crippen LogP contribution < -0.4 is 0 Å². The van der Waals surface area contributed by atoms with E-state index in [4.69, 9.17) is 0 Å². The fraction of sp³-hybridized carbons (Fsp3) is 0.926. The normalized spacial score (nSPS) is 48.4. The fourth-order valence-electron chi connectivity index (χ4n) is 8.73. The summed E-state index contributed by atoms with van der Waals surface area (Å²) in [5.74, 6) is 3.44. The van der Waals surface area contributed by atoms with Crippen molar-refractivity contribution in [2.24, 2.45) is 40.4 Å². The van der Waals surface area contributed by atoms with Gasteiger partial charge < -0.3 is 15.3 Å². The van der Waals surface area contributed by atoms with Crippen LogP contribution in [0, 0.1) is 40.4 Å². The summed E-state index contributed by atoms with van der Waals surface area (Å²) < 4.78 is -0.954. The molecule has 0 saturated heterocycles. The fourth-order valence-corrected chi connectivity index (χ4v) is 9.33. The number of rotatable bonds is 5. The molecule has 0 radical (unpaired) electrons. The molecule has 31 heavy (non-hydrogen) atoms. The maximum Gasteiger partial charge on any atom is 0.125 e. The highest BCUT2D eigenvalue weighted by Gasteiger charge is 2.61. The molecule has 0 amide bonds. The van der Waals surface area contributed by atoms with E-state index in [1.54, 1.807) is 0 Å². The standard InChI is InChI=1S/C27H45BrO3/c1-17(7-6-13-24(2,3)30)20-10-11-21-19-9-8-18-15-27(28,31)16-23(29)26(18,5)22(19)12-14-25(20,21)4/h8,17,19-23,29-31H,6-7,9-16H2,1-5H3/t17-,19+,20-,21+,22+,23?,25-,26+,27?/m1/s1. The summed E-state index contributed by atoms with van der Waals surface area (Å²) in [6, 6.07) is 0. The maximum atomic E-state index is 11.2. The minimum Gasteiger partial charge on any atom is -0.392 e. The first kappa shape index (κ1) is 24.2. The van der Waals surface area contributed by atoms with Gasteiger partial charge in [0, 0.05) is 18.3 Å². The Morgan fingerprint density at radius 2 is 1.90 bits per heavy atom. The van der Waals surface area contributed by atoms with Gasteiger partial charge in [-0.15, -0.1) is 0 Å².